The van der Waals surface area contributed by atoms with Gasteiger partial charge in [-0.05, 0) is 25.1 Å². The number of thioether (sulfide) groups is 1. The van der Waals surface area contributed by atoms with E-state index >= 15 is 0 Å². The molecule has 1 atom stereocenters. The van der Waals surface area contributed by atoms with E-state index in [1.165, 1.54) is 23.9 Å². The average molecular weight is 247 g/mol. The van der Waals surface area contributed by atoms with E-state index in [0.29, 0.717) is 10.8 Å². The zero-order chi connectivity index (χ0) is 12.3. The SMILES string of the molecule is CC(C#N)Sc1nccn1-c1cccc(F)c1. The van der Waals surface area contributed by atoms with E-state index in [1.54, 1.807) is 36.0 Å². The summed E-state index contributed by atoms with van der Waals surface area (Å²) in [5, 5.41) is 9.27. The first-order chi connectivity index (χ1) is 8.20. The van der Waals surface area contributed by atoms with E-state index in [4.69, 9.17) is 5.26 Å². The van der Waals surface area contributed by atoms with Crippen LogP contribution in [0.2, 0.25) is 0 Å². The first kappa shape index (κ1) is 11.7. The molecule has 2 rings (SSSR count). The molecular formula is C12H10FN3S. The Kier molecular flexibility index (Phi) is 3.45. The highest BCUT2D eigenvalue weighted by Crippen LogP contribution is 2.24. The fourth-order valence-corrected chi connectivity index (χ4v) is 2.15. The smallest absolute Gasteiger partial charge is 0.173 e. The lowest BCUT2D eigenvalue weighted by atomic mass is 10.3. The van der Waals surface area contributed by atoms with Crippen LogP contribution in [-0.4, -0.2) is 14.8 Å². The van der Waals surface area contributed by atoms with Crippen LogP contribution in [0, 0.1) is 17.1 Å². The van der Waals surface area contributed by atoms with E-state index in [-0.39, 0.29) is 11.1 Å². The summed E-state index contributed by atoms with van der Waals surface area (Å²) >= 11 is 1.35. The zero-order valence-electron chi connectivity index (χ0n) is 9.17. The molecule has 2 aromatic rings. The summed E-state index contributed by atoms with van der Waals surface area (Å²) in [6, 6.07) is 8.40. The summed E-state index contributed by atoms with van der Waals surface area (Å²) in [6.45, 7) is 1.80. The molecule has 0 bridgehead atoms. The van der Waals surface area contributed by atoms with Gasteiger partial charge in [0.25, 0.3) is 0 Å². The average Bonchev–Trinajstić information content (AvgIpc) is 2.77. The van der Waals surface area contributed by atoms with Gasteiger partial charge in [-0.2, -0.15) is 5.26 Å². The Morgan fingerprint density at radius 3 is 3.06 bits per heavy atom. The largest absolute Gasteiger partial charge is 0.295 e. The first-order valence-corrected chi connectivity index (χ1v) is 5.94. The number of imidazole rings is 1. The fraction of sp³-hybridized carbons (Fsp3) is 0.167. The van der Waals surface area contributed by atoms with Gasteiger partial charge in [-0.25, -0.2) is 9.37 Å². The van der Waals surface area contributed by atoms with Crippen LogP contribution < -0.4 is 0 Å². The van der Waals surface area contributed by atoms with Crippen molar-refractivity contribution >= 4 is 11.8 Å². The standard InChI is InChI=1S/C12H10FN3S/c1-9(8-14)17-12-15-5-6-16(12)11-4-2-3-10(13)7-11/h2-7,9H,1H3. The van der Waals surface area contributed by atoms with Crippen LogP contribution in [0.15, 0.2) is 41.8 Å². The molecule has 0 fully saturated rings. The predicted molar refractivity (Wildman–Crippen MR) is 64.5 cm³/mol. The highest BCUT2D eigenvalue weighted by Gasteiger charge is 2.10. The van der Waals surface area contributed by atoms with Crippen LogP contribution in [0.4, 0.5) is 4.39 Å². The maximum atomic E-state index is 13.1. The van der Waals surface area contributed by atoms with Crippen LogP contribution in [0.3, 0.4) is 0 Å². The molecule has 0 N–H and O–H groups in total. The predicted octanol–water partition coefficient (Wildman–Crippen LogP) is 3.02. The second kappa shape index (κ2) is 5.02. The van der Waals surface area contributed by atoms with Gasteiger partial charge in [0.15, 0.2) is 5.16 Å². The third kappa shape index (κ3) is 2.66. The van der Waals surface area contributed by atoms with Gasteiger partial charge >= 0.3 is 0 Å². The third-order valence-corrected chi connectivity index (χ3v) is 3.13. The van der Waals surface area contributed by atoms with Gasteiger partial charge in [-0.1, -0.05) is 17.8 Å². The van der Waals surface area contributed by atoms with Gasteiger partial charge in [-0.15, -0.1) is 0 Å². The molecule has 1 aromatic heterocycles. The molecule has 5 heteroatoms. The number of nitriles is 1. The second-order valence-corrected chi connectivity index (χ2v) is 4.76. The molecular weight excluding hydrogens is 237 g/mol. The molecule has 0 saturated carbocycles. The molecule has 1 aromatic carbocycles. The van der Waals surface area contributed by atoms with Gasteiger partial charge in [0.1, 0.15) is 5.82 Å². The van der Waals surface area contributed by atoms with E-state index in [0.717, 1.165) is 0 Å². The summed E-state index contributed by atoms with van der Waals surface area (Å²) in [7, 11) is 0. The lowest BCUT2D eigenvalue weighted by molar-refractivity contribution is 0.626. The monoisotopic (exact) mass is 247 g/mol. The van der Waals surface area contributed by atoms with Crippen molar-refractivity contribution in [1.29, 1.82) is 5.26 Å². The van der Waals surface area contributed by atoms with Gasteiger partial charge < -0.3 is 0 Å². The molecule has 3 nitrogen and oxygen atoms in total. The molecule has 0 aliphatic rings. The van der Waals surface area contributed by atoms with Crippen LogP contribution in [0.5, 0.6) is 0 Å². The van der Waals surface area contributed by atoms with Crippen LogP contribution in [0.1, 0.15) is 6.92 Å². The van der Waals surface area contributed by atoms with Gasteiger partial charge in [0, 0.05) is 12.4 Å². The van der Waals surface area contributed by atoms with E-state index in [9.17, 15) is 4.39 Å². The Bertz CT molecular complexity index is 559. The normalized spacial score (nSPS) is 12.1. The van der Waals surface area contributed by atoms with E-state index in [1.807, 2.05) is 0 Å². The van der Waals surface area contributed by atoms with Crippen LogP contribution >= 0.6 is 11.8 Å². The number of halogens is 1. The van der Waals surface area contributed by atoms with Gasteiger partial charge in [0.05, 0.1) is 17.0 Å². The van der Waals surface area contributed by atoms with Crippen molar-refractivity contribution in [1.82, 2.24) is 9.55 Å². The molecule has 0 saturated heterocycles. The van der Waals surface area contributed by atoms with Crippen molar-refractivity contribution in [2.45, 2.75) is 17.3 Å². The lowest BCUT2D eigenvalue weighted by Crippen LogP contribution is -1.99. The molecule has 1 heterocycles. The number of hydrogen-bond acceptors (Lipinski definition) is 3. The number of benzene rings is 1. The van der Waals surface area contributed by atoms with E-state index in [2.05, 4.69) is 11.1 Å². The number of nitrogens with zero attached hydrogens (tertiary/aromatic N) is 3. The third-order valence-electron chi connectivity index (χ3n) is 2.16. The minimum absolute atomic E-state index is 0.190. The van der Waals surface area contributed by atoms with Gasteiger partial charge in [0.2, 0.25) is 0 Å². The molecule has 0 radical (unpaired) electrons. The van der Waals surface area contributed by atoms with E-state index < -0.39 is 0 Å². The topological polar surface area (TPSA) is 41.6 Å². The summed E-state index contributed by atoms with van der Waals surface area (Å²) in [6.07, 6.45) is 3.39. The number of rotatable bonds is 3. The summed E-state index contributed by atoms with van der Waals surface area (Å²) < 4.78 is 14.9. The first-order valence-electron chi connectivity index (χ1n) is 5.06. The van der Waals surface area contributed by atoms with Crippen molar-refractivity contribution in [3.8, 4) is 11.8 Å². The van der Waals surface area contributed by atoms with Crippen molar-refractivity contribution in [2.75, 3.05) is 0 Å². The second-order valence-electron chi connectivity index (χ2n) is 3.45. The lowest BCUT2D eigenvalue weighted by Gasteiger charge is -2.07. The molecule has 0 aliphatic heterocycles. The Labute approximate surface area is 103 Å². The van der Waals surface area contributed by atoms with Crippen LogP contribution in [0.25, 0.3) is 5.69 Å². The maximum absolute atomic E-state index is 13.1. The zero-order valence-corrected chi connectivity index (χ0v) is 9.99. The molecule has 17 heavy (non-hydrogen) atoms. The fourth-order valence-electron chi connectivity index (χ4n) is 1.38. The molecule has 86 valence electrons. The van der Waals surface area contributed by atoms with Crippen molar-refractivity contribution in [3.63, 3.8) is 0 Å². The van der Waals surface area contributed by atoms with Crippen molar-refractivity contribution < 1.29 is 4.39 Å². The Morgan fingerprint density at radius 1 is 1.53 bits per heavy atom. The minimum Gasteiger partial charge on any atom is -0.295 e. The Morgan fingerprint density at radius 2 is 2.35 bits per heavy atom. The Hall–Kier alpha value is -1.80. The number of aromatic nitrogens is 2. The molecule has 0 amide bonds. The van der Waals surface area contributed by atoms with Crippen LogP contribution in [-0.2, 0) is 0 Å². The summed E-state index contributed by atoms with van der Waals surface area (Å²) in [5.41, 5.74) is 0.704. The Balaban J connectivity index is 2.34. The molecule has 1 unspecified atom stereocenters. The highest BCUT2D eigenvalue weighted by atomic mass is 32.2. The molecule has 0 aliphatic carbocycles. The maximum Gasteiger partial charge on any atom is 0.173 e. The highest BCUT2D eigenvalue weighted by molar-refractivity contribution is 8.00. The quantitative estimate of drug-likeness (QED) is 0.783. The van der Waals surface area contributed by atoms with Crippen molar-refractivity contribution in [3.05, 3.63) is 42.5 Å². The summed E-state index contributed by atoms with van der Waals surface area (Å²) in [5.74, 6) is -0.291. The number of hydrogen-bond donors (Lipinski definition) is 0. The van der Waals surface area contributed by atoms with Gasteiger partial charge in [-0.3, -0.25) is 4.57 Å². The minimum atomic E-state index is -0.291. The van der Waals surface area contributed by atoms with Crippen molar-refractivity contribution in [2.24, 2.45) is 0 Å². The molecule has 0 spiro atoms. The summed E-state index contributed by atoms with van der Waals surface area (Å²) in [4.78, 5) is 4.16.